The summed E-state index contributed by atoms with van der Waals surface area (Å²) >= 11 is 1.30. The van der Waals surface area contributed by atoms with Crippen molar-refractivity contribution in [3.05, 3.63) is 52.8 Å². The molecule has 0 aliphatic rings. The van der Waals surface area contributed by atoms with E-state index in [9.17, 15) is 4.79 Å². The quantitative estimate of drug-likeness (QED) is 0.396. The molecule has 0 aliphatic carbocycles. The van der Waals surface area contributed by atoms with Crippen molar-refractivity contribution >= 4 is 23.4 Å². The highest BCUT2D eigenvalue weighted by atomic mass is 32.2. The topological polar surface area (TPSA) is 67.2 Å². The Morgan fingerprint density at radius 2 is 1.74 bits per heavy atom. The number of thioether (sulfide) groups is 1. The molecule has 120 valence electrons. The standard InChI is InChI=1S/C17H20N4OS/c1-11-5-7-15(8-6-11)14(4)20-21-16(22)10-23-17-18-12(2)9-13(3)19-17/h5-9H,10H2,1-4H3,(H,21,22). The van der Waals surface area contributed by atoms with Gasteiger partial charge in [0.05, 0.1) is 11.5 Å². The van der Waals surface area contributed by atoms with E-state index in [1.54, 1.807) is 0 Å². The molecule has 0 aliphatic heterocycles. The molecule has 0 unspecified atom stereocenters. The molecule has 2 rings (SSSR count). The zero-order valence-electron chi connectivity index (χ0n) is 13.8. The van der Waals surface area contributed by atoms with Crippen LogP contribution in [0.5, 0.6) is 0 Å². The van der Waals surface area contributed by atoms with E-state index in [4.69, 9.17) is 0 Å². The van der Waals surface area contributed by atoms with Gasteiger partial charge in [-0.1, -0.05) is 41.6 Å². The van der Waals surface area contributed by atoms with Crippen LogP contribution in [0.4, 0.5) is 0 Å². The first-order valence-corrected chi connectivity index (χ1v) is 8.28. The zero-order valence-corrected chi connectivity index (χ0v) is 14.6. The van der Waals surface area contributed by atoms with Gasteiger partial charge in [0.2, 0.25) is 0 Å². The van der Waals surface area contributed by atoms with Crippen LogP contribution in [0.3, 0.4) is 0 Å². The van der Waals surface area contributed by atoms with Gasteiger partial charge in [0.15, 0.2) is 5.16 Å². The lowest BCUT2D eigenvalue weighted by Crippen LogP contribution is -2.21. The molecule has 5 nitrogen and oxygen atoms in total. The van der Waals surface area contributed by atoms with Crippen molar-refractivity contribution in [3.8, 4) is 0 Å². The Labute approximate surface area is 140 Å². The van der Waals surface area contributed by atoms with Crippen LogP contribution in [0.25, 0.3) is 0 Å². The lowest BCUT2D eigenvalue weighted by atomic mass is 10.1. The van der Waals surface area contributed by atoms with Crippen LogP contribution in [0.2, 0.25) is 0 Å². The largest absolute Gasteiger partial charge is 0.272 e. The van der Waals surface area contributed by atoms with Crippen molar-refractivity contribution < 1.29 is 4.79 Å². The molecule has 1 amide bonds. The summed E-state index contributed by atoms with van der Waals surface area (Å²) in [6.45, 7) is 7.72. The van der Waals surface area contributed by atoms with E-state index in [0.29, 0.717) is 5.16 Å². The number of carbonyl (C=O) groups excluding carboxylic acids is 1. The van der Waals surface area contributed by atoms with Crippen LogP contribution in [0.1, 0.15) is 29.4 Å². The average Bonchev–Trinajstić information content (AvgIpc) is 2.50. The van der Waals surface area contributed by atoms with Crippen molar-refractivity contribution in [3.63, 3.8) is 0 Å². The number of hydrogen-bond donors (Lipinski definition) is 1. The lowest BCUT2D eigenvalue weighted by molar-refractivity contribution is -0.118. The Morgan fingerprint density at radius 1 is 1.13 bits per heavy atom. The Morgan fingerprint density at radius 3 is 2.35 bits per heavy atom. The summed E-state index contributed by atoms with van der Waals surface area (Å²) in [5.74, 6) is 0.0531. The maximum atomic E-state index is 11.9. The van der Waals surface area contributed by atoms with Crippen LogP contribution < -0.4 is 5.43 Å². The van der Waals surface area contributed by atoms with Crippen LogP contribution in [0.15, 0.2) is 40.6 Å². The number of nitrogens with zero attached hydrogens (tertiary/aromatic N) is 3. The minimum atomic E-state index is -0.177. The van der Waals surface area contributed by atoms with Gasteiger partial charge in [0, 0.05) is 11.4 Å². The van der Waals surface area contributed by atoms with E-state index in [2.05, 4.69) is 20.5 Å². The number of aromatic nitrogens is 2. The minimum Gasteiger partial charge on any atom is -0.272 e. The molecular weight excluding hydrogens is 308 g/mol. The lowest BCUT2D eigenvalue weighted by Gasteiger charge is -2.04. The fourth-order valence-electron chi connectivity index (χ4n) is 1.93. The Hall–Kier alpha value is -2.21. The first kappa shape index (κ1) is 17.1. The van der Waals surface area contributed by atoms with Crippen molar-refractivity contribution in [2.75, 3.05) is 5.75 Å². The Balaban J connectivity index is 1.89. The molecule has 1 heterocycles. The third-order valence-electron chi connectivity index (χ3n) is 3.11. The third-order valence-corrected chi connectivity index (χ3v) is 3.96. The van der Waals surface area contributed by atoms with Crippen molar-refractivity contribution in [1.82, 2.24) is 15.4 Å². The molecule has 0 spiro atoms. The summed E-state index contributed by atoms with van der Waals surface area (Å²) in [7, 11) is 0. The highest BCUT2D eigenvalue weighted by Gasteiger charge is 2.06. The Bertz CT molecular complexity index is 706. The summed E-state index contributed by atoms with van der Waals surface area (Å²) in [6, 6.07) is 9.91. The molecule has 0 atom stereocenters. The van der Waals surface area contributed by atoms with Gasteiger partial charge < -0.3 is 0 Å². The maximum Gasteiger partial charge on any atom is 0.250 e. The number of carbonyl (C=O) groups is 1. The average molecular weight is 328 g/mol. The molecule has 0 radical (unpaired) electrons. The normalized spacial score (nSPS) is 11.4. The molecule has 2 aromatic rings. The molecule has 6 heteroatoms. The molecule has 0 saturated carbocycles. The number of benzene rings is 1. The van der Waals surface area contributed by atoms with Crippen LogP contribution >= 0.6 is 11.8 Å². The molecule has 1 aromatic heterocycles. The van der Waals surface area contributed by atoms with Crippen LogP contribution in [0, 0.1) is 20.8 Å². The predicted octanol–water partition coefficient (Wildman–Crippen LogP) is 3.03. The smallest absolute Gasteiger partial charge is 0.250 e. The number of hydrazone groups is 1. The summed E-state index contributed by atoms with van der Waals surface area (Å²) < 4.78 is 0. The SMILES string of the molecule is CC(=NNC(=O)CSc1nc(C)cc(C)n1)c1ccc(C)cc1. The summed E-state index contributed by atoms with van der Waals surface area (Å²) in [6.07, 6.45) is 0. The predicted molar refractivity (Wildman–Crippen MR) is 93.8 cm³/mol. The van der Waals surface area contributed by atoms with Crippen molar-refractivity contribution in [1.29, 1.82) is 0 Å². The van der Waals surface area contributed by atoms with Gasteiger partial charge in [-0.05, 0) is 39.3 Å². The van der Waals surface area contributed by atoms with Gasteiger partial charge in [0.25, 0.3) is 5.91 Å². The van der Waals surface area contributed by atoms with Gasteiger partial charge >= 0.3 is 0 Å². The van der Waals surface area contributed by atoms with E-state index in [-0.39, 0.29) is 11.7 Å². The van der Waals surface area contributed by atoms with Crippen molar-refractivity contribution in [2.45, 2.75) is 32.9 Å². The van der Waals surface area contributed by atoms with E-state index >= 15 is 0 Å². The number of rotatable bonds is 5. The summed E-state index contributed by atoms with van der Waals surface area (Å²) in [4.78, 5) is 20.5. The zero-order chi connectivity index (χ0) is 16.8. The number of hydrogen-bond acceptors (Lipinski definition) is 5. The molecule has 0 saturated heterocycles. The van der Waals surface area contributed by atoms with E-state index in [1.165, 1.54) is 17.3 Å². The monoisotopic (exact) mass is 328 g/mol. The Kier molecular flexibility index (Phi) is 5.87. The second kappa shape index (κ2) is 7.87. The van der Waals surface area contributed by atoms with Crippen molar-refractivity contribution in [2.24, 2.45) is 5.10 Å². The third kappa shape index (κ3) is 5.49. The molecule has 0 bridgehead atoms. The number of amides is 1. The minimum absolute atomic E-state index is 0.177. The molecule has 1 N–H and O–H groups in total. The highest BCUT2D eigenvalue weighted by Crippen LogP contribution is 2.13. The van der Waals surface area contributed by atoms with Gasteiger partial charge in [0.1, 0.15) is 0 Å². The van der Waals surface area contributed by atoms with Gasteiger partial charge in [-0.25, -0.2) is 15.4 Å². The molecule has 1 aromatic carbocycles. The number of aryl methyl sites for hydroxylation is 3. The fraction of sp³-hybridized carbons (Fsp3) is 0.294. The van der Waals surface area contributed by atoms with E-state index < -0.39 is 0 Å². The molecule has 0 fully saturated rings. The second-order valence-electron chi connectivity index (χ2n) is 5.32. The van der Waals surface area contributed by atoms with E-state index in [1.807, 2.05) is 58.0 Å². The second-order valence-corrected chi connectivity index (χ2v) is 6.26. The summed E-state index contributed by atoms with van der Waals surface area (Å²) in [5.41, 5.74) is 7.31. The van der Waals surface area contributed by atoms with Gasteiger partial charge in [-0.15, -0.1) is 0 Å². The van der Waals surface area contributed by atoms with Gasteiger partial charge in [-0.3, -0.25) is 4.79 Å². The summed E-state index contributed by atoms with van der Waals surface area (Å²) in [5, 5.41) is 4.74. The fourth-order valence-corrected chi connectivity index (χ4v) is 2.67. The highest BCUT2D eigenvalue weighted by molar-refractivity contribution is 7.99. The maximum absolute atomic E-state index is 11.9. The van der Waals surface area contributed by atoms with Crippen LogP contribution in [-0.2, 0) is 4.79 Å². The molecule has 23 heavy (non-hydrogen) atoms. The van der Waals surface area contributed by atoms with Gasteiger partial charge in [-0.2, -0.15) is 5.10 Å². The molecular formula is C17H20N4OS. The number of nitrogens with one attached hydrogen (secondary N) is 1. The van der Waals surface area contributed by atoms with Crippen LogP contribution in [-0.4, -0.2) is 27.3 Å². The first-order chi connectivity index (χ1) is 10.9. The van der Waals surface area contributed by atoms with E-state index in [0.717, 1.165) is 22.7 Å². The first-order valence-electron chi connectivity index (χ1n) is 7.29.